The second-order valence-corrected chi connectivity index (χ2v) is 3.02. The first kappa shape index (κ1) is 8.90. The van der Waals surface area contributed by atoms with Crippen LogP contribution in [0.1, 0.15) is 16.2 Å². The molecule has 0 unspecified atom stereocenters. The Morgan fingerprint density at radius 2 is 2.36 bits per heavy atom. The minimum Gasteiger partial charge on any atom is -0.396 e. The summed E-state index contributed by atoms with van der Waals surface area (Å²) in [4.78, 5) is 14.7. The molecule has 72 valence electrons. The lowest BCUT2D eigenvalue weighted by atomic mass is 10.3. The van der Waals surface area contributed by atoms with Crippen molar-refractivity contribution in [3.05, 3.63) is 35.9 Å². The van der Waals surface area contributed by atoms with Crippen LogP contribution in [0.2, 0.25) is 0 Å². The standard InChI is InChI=1S/C10H10N2O2/c13-4-3-10-11-5-9-2-1-8(7-14)6-12(9)10/h1-2,5-7,13H,3-4H2. The third-order valence-corrected chi connectivity index (χ3v) is 2.10. The monoisotopic (exact) mass is 190 g/mol. The van der Waals surface area contributed by atoms with Crippen LogP contribution < -0.4 is 0 Å². The lowest BCUT2D eigenvalue weighted by Crippen LogP contribution is -1.99. The molecule has 4 nitrogen and oxygen atoms in total. The molecule has 2 heterocycles. The maximum atomic E-state index is 10.6. The van der Waals surface area contributed by atoms with Crippen molar-refractivity contribution < 1.29 is 9.90 Å². The van der Waals surface area contributed by atoms with Crippen molar-refractivity contribution in [2.24, 2.45) is 0 Å². The molecule has 2 rings (SSSR count). The molecule has 0 saturated carbocycles. The van der Waals surface area contributed by atoms with Crippen LogP contribution in [-0.4, -0.2) is 27.4 Å². The van der Waals surface area contributed by atoms with Crippen molar-refractivity contribution in [3.8, 4) is 0 Å². The van der Waals surface area contributed by atoms with Crippen molar-refractivity contribution in [2.45, 2.75) is 6.42 Å². The molecule has 0 aliphatic rings. The Labute approximate surface area is 80.8 Å². The molecule has 0 amide bonds. The zero-order chi connectivity index (χ0) is 9.97. The molecule has 0 spiro atoms. The minimum atomic E-state index is 0.0600. The van der Waals surface area contributed by atoms with Crippen LogP contribution in [0, 0.1) is 0 Å². The Bertz CT molecular complexity index is 462. The van der Waals surface area contributed by atoms with Crippen molar-refractivity contribution >= 4 is 11.8 Å². The average Bonchev–Trinajstić information content (AvgIpc) is 2.61. The highest BCUT2D eigenvalue weighted by atomic mass is 16.3. The molecule has 0 aliphatic carbocycles. The number of rotatable bonds is 3. The molecule has 4 heteroatoms. The van der Waals surface area contributed by atoms with E-state index in [9.17, 15) is 4.79 Å². The minimum absolute atomic E-state index is 0.0600. The summed E-state index contributed by atoms with van der Waals surface area (Å²) in [5.41, 5.74) is 1.54. The SMILES string of the molecule is O=Cc1ccc2cnc(CCO)n2c1. The second-order valence-electron chi connectivity index (χ2n) is 3.02. The number of fused-ring (bicyclic) bond motifs is 1. The van der Waals surface area contributed by atoms with E-state index in [1.165, 1.54) is 0 Å². The van der Waals surface area contributed by atoms with Gasteiger partial charge in [-0.1, -0.05) is 0 Å². The van der Waals surface area contributed by atoms with E-state index in [0.29, 0.717) is 12.0 Å². The molecule has 0 atom stereocenters. The summed E-state index contributed by atoms with van der Waals surface area (Å²) in [6.45, 7) is 0.0600. The van der Waals surface area contributed by atoms with Gasteiger partial charge < -0.3 is 9.51 Å². The summed E-state index contributed by atoms with van der Waals surface area (Å²) in [7, 11) is 0. The molecule has 0 aliphatic heterocycles. The number of nitrogens with zero attached hydrogens (tertiary/aromatic N) is 2. The Morgan fingerprint density at radius 3 is 3.07 bits per heavy atom. The van der Waals surface area contributed by atoms with Crippen molar-refractivity contribution in [1.29, 1.82) is 0 Å². The predicted molar refractivity (Wildman–Crippen MR) is 51.4 cm³/mol. The van der Waals surface area contributed by atoms with Gasteiger partial charge in [-0.15, -0.1) is 0 Å². The van der Waals surface area contributed by atoms with E-state index in [0.717, 1.165) is 17.6 Å². The highest BCUT2D eigenvalue weighted by Gasteiger charge is 2.02. The van der Waals surface area contributed by atoms with Crippen LogP contribution in [-0.2, 0) is 6.42 Å². The number of pyridine rings is 1. The summed E-state index contributed by atoms with van der Waals surface area (Å²) < 4.78 is 1.82. The fourth-order valence-corrected chi connectivity index (χ4v) is 1.41. The van der Waals surface area contributed by atoms with Crippen LogP contribution in [0.3, 0.4) is 0 Å². The van der Waals surface area contributed by atoms with E-state index in [1.807, 2.05) is 10.5 Å². The quantitative estimate of drug-likeness (QED) is 0.724. The van der Waals surface area contributed by atoms with Gasteiger partial charge in [-0.25, -0.2) is 4.98 Å². The maximum Gasteiger partial charge on any atom is 0.151 e. The zero-order valence-electron chi connectivity index (χ0n) is 7.55. The Hall–Kier alpha value is -1.68. The Morgan fingerprint density at radius 1 is 1.50 bits per heavy atom. The average molecular weight is 190 g/mol. The van der Waals surface area contributed by atoms with Crippen LogP contribution in [0.4, 0.5) is 0 Å². The van der Waals surface area contributed by atoms with Gasteiger partial charge in [0.25, 0.3) is 0 Å². The number of aldehydes is 1. The van der Waals surface area contributed by atoms with Gasteiger partial charge in [-0.05, 0) is 12.1 Å². The summed E-state index contributed by atoms with van der Waals surface area (Å²) >= 11 is 0. The number of carbonyl (C=O) groups excluding carboxylic acids is 1. The largest absolute Gasteiger partial charge is 0.396 e. The smallest absolute Gasteiger partial charge is 0.151 e. The molecule has 0 fully saturated rings. The van der Waals surface area contributed by atoms with Gasteiger partial charge in [0, 0.05) is 18.2 Å². The maximum absolute atomic E-state index is 10.6. The molecular weight excluding hydrogens is 180 g/mol. The number of aliphatic hydroxyl groups excluding tert-OH is 1. The molecule has 14 heavy (non-hydrogen) atoms. The van der Waals surface area contributed by atoms with Crippen LogP contribution >= 0.6 is 0 Å². The van der Waals surface area contributed by atoms with Gasteiger partial charge in [0.05, 0.1) is 18.3 Å². The van der Waals surface area contributed by atoms with Crippen LogP contribution in [0.15, 0.2) is 24.5 Å². The molecule has 0 aromatic carbocycles. The van der Waals surface area contributed by atoms with Crippen molar-refractivity contribution in [1.82, 2.24) is 9.38 Å². The molecule has 2 aromatic heterocycles. The summed E-state index contributed by atoms with van der Waals surface area (Å²) in [6.07, 6.45) is 4.73. The van der Waals surface area contributed by atoms with Crippen molar-refractivity contribution in [3.63, 3.8) is 0 Å². The molecule has 2 aromatic rings. The van der Waals surface area contributed by atoms with E-state index in [-0.39, 0.29) is 6.61 Å². The number of aliphatic hydroxyl groups is 1. The predicted octanol–water partition coefficient (Wildman–Crippen LogP) is 0.682. The number of imidazole rings is 1. The number of carbonyl (C=O) groups is 1. The lowest BCUT2D eigenvalue weighted by molar-refractivity contribution is 0.112. The van der Waals surface area contributed by atoms with E-state index < -0.39 is 0 Å². The Balaban J connectivity index is 2.57. The lowest BCUT2D eigenvalue weighted by Gasteiger charge is -1.99. The van der Waals surface area contributed by atoms with Gasteiger partial charge in [0.15, 0.2) is 6.29 Å². The van der Waals surface area contributed by atoms with E-state index >= 15 is 0 Å². The molecule has 0 saturated heterocycles. The molecule has 1 N–H and O–H groups in total. The van der Waals surface area contributed by atoms with E-state index in [2.05, 4.69) is 4.98 Å². The Kier molecular flexibility index (Phi) is 2.28. The summed E-state index contributed by atoms with van der Waals surface area (Å²) in [5, 5.41) is 8.80. The van der Waals surface area contributed by atoms with Gasteiger partial charge in [0.1, 0.15) is 5.82 Å². The highest BCUT2D eigenvalue weighted by molar-refractivity contribution is 5.75. The van der Waals surface area contributed by atoms with Crippen LogP contribution in [0.25, 0.3) is 5.52 Å². The third-order valence-electron chi connectivity index (χ3n) is 2.10. The van der Waals surface area contributed by atoms with E-state index in [4.69, 9.17) is 5.11 Å². The normalized spacial score (nSPS) is 10.6. The second kappa shape index (κ2) is 3.59. The van der Waals surface area contributed by atoms with Gasteiger partial charge >= 0.3 is 0 Å². The summed E-state index contributed by atoms with van der Waals surface area (Å²) in [6, 6.07) is 3.57. The van der Waals surface area contributed by atoms with Gasteiger partial charge in [-0.3, -0.25) is 4.79 Å². The fraction of sp³-hybridized carbons (Fsp3) is 0.200. The first-order valence-corrected chi connectivity index (χ1v) is 4.37. The van der Waals surface area contributed by atoms with Crippen molar-refractivity contribution in [2.75, 3.05) is 6.61 Å². The fourth-order valence-electron chi connectivity index (χ4n) is 1.41. The molecule has 0 radical (unpaired) electrons. The first-order valence-electron chi connectivity index (χ1n) is 4.37. The van der Waals surface area contributed by atoms with Crippen LogP contribution in [0.5, 0.6) is 0 Å². The molecular formula is C10H10N2O2. The van der Waals surface area contributed by atoms with Gasteiger partial charge in [0.2, 0.25) is 0 Å². The zero-order valence-corrected chi connectivity index (χ0v) is 7.55. The highest BCUT2D eigenvalue weighted by Crippen LogP contribution is 2.08. The van der Waals surface area contributed by atoms with Gasteiger partial charge in [-0.2, -0.15) is 0 Å². The van der Waals surface area contributed by atoms with E-state index in [1.54, 1.807) is 18.5 Å². The molecule has 0 bridgehead atoms. The first-order chi connectivity index (χ1) is 6.85. The summed E-state index contributed by atoms with van der Waals surface area (Å²) in [5.74, 6) is 0.770. The number of hydrogen-bond donors (Lipinski definition) is 1. The third kappa shape index (κ3) is 1.40. The topological polar surface area (TPSA) is 54.6 Å². The number of hydrogen-bond acceptors (Lipinski definition) is 3. The number of aromatic nitrogens is 2.